The highest BCUT2D eigenvalue weighted by Gasteiger charge is 2.09. The molecule has 1 heterocycles. The van der Waals surface area contributed by atoms with Crippen molar-refractivity contribution in [1.82, 2.24) is 9.97 Å². The molecule has 2 aromatic carbocycles. The van der Waals surface area contributed by atoms with Gasteiger partial charge in [0.2, 0.25) is 0 Å². The lowest BCUT2D eigenvalue weighted by Gasteiger charge is -2.08. The van der Waals surface area contributed by atoms with Crippen LogP contribution in [0.5, 0.6) is 5.75 Å². The quantitative estimate of drug-likeness (QED) is 0.735. The van der Waals surface area contributed by atoms with E-state index < -0.39 is 0 Å². The van der Waals surface area contributed by atoms with Crippen LogP contribution in [-0.4, -0.2) is 22.5 Å². The lowest BCUT2D eigenvalue weighted by atomic mass is 10.2. The number of nitrogens with one attached hydrogen (secondary N) is 1. The molecule has 1 amide bonds. The topological polar surface area (TPSA) is 64.1 Å². The van der Waals surface area contributed by atoms with Crippen LogP contribution in [0, 0.1) is 0 Å². The lowest BCUT2D eigenvalue weighted by molar-refractivity contribution is 0.102. The number of hydrogen-bond acceptors (Lipinski definition) is 4. The van der Waals surface area contributed by atoms with E-state index in [0.717, 1.165) is 17.7 Å². The van der Waals surface area contributed by atoms with Gasteiger partial charge in [-0.1, -0.05) is 43.3 Å². The molecule has 0 aliphatic heterocycles. The highest BCUT2D eigenvalue weighted by Crippen LogP contribution is 2.19. The van der Waals surface area contributed by atoms with Gasteiger partial charge in [0, 0.05) is 29.7 Å². The Morgan fingerprint density at radius 3 is 2.52 bits per heavy atom. The fraction of sp³-hybridized carbons (Fsp3) is 0.150. The van der Waals surface area contributed by atoms with Crippen molar-refractivity contribution < 1.29 is 9.53 Å². The first-order chi connectivity index (χ1) is 12.3. The van der Waals surface area contributed by atoms with Gasteiger partial charge in [-0.05, 0) is 18.6 Å². The normalized spacial score (nSPS) is 10.3. The number of anilines is 1. The van der Waals surface area contributed by atoms with Crippen molar-refractivity contribution >= 4 is 11.6 Å². The minimum Gasteiger partial charge on any atom is -0.494 e. The van der Waals surface area contributed by atoms with Gasteiger partial charge in [0.1, 0.15) is 5.75 Å². The van der Waals surface area contributed by atoms with Crippen LogP contribution in [0.2, 0.25) is 0 Å². The van der Waals surface area contributed by atoms with Gasteiger partial charge in [-0.15, -0.1) is 0 Å². The zero-order valence-corrected chi connectivity index (χ0v) is 14.0. The molecule has 126 valence electrons. The Bertz CT molecular complexity index is 833. The van der Waals surface area contributed by atoms with Crippen molar-refractivity contribution in [2.75, 3.05) is 11.9 Å². The monoisotopic (exact) mass is 333 g/mol. The maximum absolute atomic E-state index is 12.4. The van der Waals surface area contributed by atoms with E-state index in [9.17, 15) is 4.79 Å². The van der Waals surface area contributed by atoms with Gasteiger partial charge >= 0.3 is 0 Å². The molecule has 0 aliphatic carbocycles. The highest BCUT2D eigenvalue weighted by molar-refractivity contribution is 6.04. The van der Waals surface area contributed by atoms with Crippen LogP contribution < -0.4 is 10.1 Å². The fourth-order valence-corrected chi connectivity index (χ4v) is 2.27. The van der Waals surface area contributed by atoms with Crippen LogP contribution in [-0.2, 0) is 0 Å². The number of carbonyl (C=O) groups is 1. The summed E-state index contributed by atoms with van der Waals surface area (Å²) in [7, 11) is 0. The Balaban J connectivity index is 1.69. The molecule has 1 N–H and O–H groups in total. The summed E-state index contributed by atoms with van der Waals surface area (Å²) in [4.78, 5) is 20.9. The van der Waals surface area contributed by atoms with E-state index in [0.29, 0.717) is 23.7 Å². The summed E-state index contributed by atoms with van der Waals surface area (Å²) in [6.45, 7) is 2.69. The third kappa shape index (κ3) is 4.41. The van der Waals surface area contributed by atoms with Crippen LogP contribution >= 0.6 is 0 Å². The summed E-state index contributed by atoms with van der Waals surface area (Å²) in [6.07, 6.45) is 3.99. The first-order valence-electron chi connectivity index (χ1n) is 8.18. The number of hydrogen-bond donors (Lipinski definition) is 1. The molecule has 1 aromatic heterocycles. The summed E-state index contributed by atoms with van der Waals surface area (Å²) >= 11 is 0. The predicted molar refractivity (Wildman–Crippen MR) is 97.6 cm³/mol. The third-order valence-electron chi connectivity index (χ3n) is 3.51. The molecule has 5 heteroatoms. The third-order valence-corrected chi connectivity index (χ3v) is 3.51. The number of ether oxygens (including phenoxy) is 1. The molecular formula is C20H19N3O2. The van der Waals surface area contributed by atoms with Crippen molar-refractivity contribution in [2.45, 2.75) is 13.3 Å². The highest BCUT2D eigenvalue weighted by atomic mass is 16.5. The molecule has 5 nitrogen and oxygen atoms in total. The van der Waals surface area contributed by atoms with Gasteiger partial charge < -0.3 is 10.1 Å². The molecule has 0 bridgehead atoms. The molecule has 0 radical (unpaired) electrons. The van der Waals surface area contributed by atoms with Crippen molar-refractivity contribution in [3.63, 3.8) is 0 Å². The van der Waals surface area contributed by atoms with Crippen molar-refractivity contribution in [3.05, 3.63) is 72.6 Å². The number of aromatic nitrogens is 2. The summed E-state index contributed by atoms with van der Waals surface area (Å²) in [5.74, 6) is 1.06. The maximum Gasteiger partial charge on any atom is 0.258 e. The number of benzene rings is 2. The van der Waals surface area contributed by atoms with Crippen LogP contribution in [0.1, 0.15) is 23.7 Å². The lowest BCUT2D eigenvalue weighted by Crippen LogP contribution is -2.13. The van der Waals surface area contributed by atoms with E-state index in [1.165, 1.54) is 12.4 Å². The second-order valence-electron chi connectivity index (χ2n) is 5.49. The second kappa shape index (κ2) is 8.06. The molecule has 0 atom stereocenters. The Hall–Kier alpha value is -3.21. The SMILES string of the molecule is CCCOc1cccc(NC(=O)c2cnc(-c3ccccc3)nc2)c1. The van der Waals surface area contributed by atoms with E-state index >= 15 is 0 Å². The number of nitrogens with zero attached hydrogens (tertiary/aromatic N) is 2. The summed E-state index contributed by atoms with van der Waals surface area (Å²) in [5.41, 5.74) is 1.99. The Morgan fingerprint density at radius 1 is 1.04 bits per heavy atom. The average molecular weight is 333 g/mol. The fourth-order valence-electron chi connectivity index (χ4n) is 2.27. The molecule has 0 unspecified atom stereocenters. The van der Waals surface area contributed by atoms with Gasteiger partial charge in [-0.3, -0.25) is 4.79 Å². The van der Waals surface area contributed by atoms with Crippen LogP contribution in [0.25, 0.3) is 11.4 Å². The smallest absolute Gasteiger partial charge is 0.258 e. The van der Waals surface area contributed by atoms with E-state index in [1.54, 1.807) is 6.07 Å². The molecule has 0 saturated heterocycles. The van der Waals surface area contributed by atoms with Crippen molar-refractivity contribution in [3.8, 4) is 17.1 Å². The van der Waals surface area contributed by atoms with E-state index in [4.69, 9.17) is 4.74 Å². The predicted octanol–water partition coefficient (Wildman–Crippen LogP) is 4.18. The molecule has 0 aliphatic rings. The minimum absolute atomic E-state index is 0.257. The van der Waals surface area contributed by atoms with Crippen molar-refractivity contribution in [1.29, 1.82) is 0 Å². The molecule has 3 rings (SSSR count). The molecule has 0 fully saturated rings. The van der Waals surface area contributed by atoms with Gasteiger partial charge in [-0.2, -0.15) is 0 Å². The van der Waals surface area contributed by atoms with Crippen LogP contribution in [0.15, 0.2) is 67.0 Å². The maximum atomic E-state index is 12.4. The minimum atomic E-state index is -0.257. The van der Waals surface area contributed by atoms with E-state index in [2.05, 4.69) is 15.3 Å². The Morgan fingerprint density at radius 2 is 1.80 bits per heavy atom. The number of amides is 1. The zero-order valence-electron chi connectivity index (χ0n) is 14.0. The molecule has 0 spiro atoms. The molecule has 25 heavy (non-hydrogen) atoms. The molecule has 3 aromatic rings. The number of carbonyl (C=O) groups excluding carboxylic acids is 1. The standard InChI is InChI=1S/C20H19N3O2/c1-2-11-25-18-10-6-9-17(12-18)23-20(24)16-13-21-19(22-14-16)15-7-4-3-5-8-15/h3-10,12-14H,2,11H2,1H3,(H,23,24). The largest absolute Gasteiger partial charge is 0.494 e. The second-order valence-corrected chi connectivity index (χ2v) is 5.49. The first-order valence-corrected chi connectivity index (χ1v) is 8.18. The van der Waals surface area contributed by atoms with Gasteiger partial charge in [0.25, 0.3) is 5.91 Å². The van der Waals surface area contributed by atoms with Crippen LogP contribution in [0.4, 0.5) is 5.69 Å². The van der Waals surface area contributed by atoms with E-state index in [-0.39, 0.29) is 5.91 Å². The van der Waals surface area contributed by atoms with Crippen molar-refractivity contribution in [2.24, 2.45) is 0 Å². The number of rotatable bonds is 6. The summed E-state index contributed by atoms with van der Waals surface area (Å²) in [6, 6.07) is 17.0. The van der Waals surface area contributed by atoms with Crippen LogP contribution in [0.3, 0.4) is 0 Å². The van der Waals surface area contributed by atoms with E-state index in [1.807, 2.05) is 55.5 Å². The Labute approximate surface area is 146 Å². The molecule has 0 saturated carbocycles. The first kappa shape index (κ1) is 16.6. The zero-order chi connectivity index (χ0) is 17.5. The molecular weight excluding hydrogens is 314 g/mol. The van der Waals surface area contributed by atoms with Gasteiger partial charge in [0.15, 0.2) is 5.82 Å². The Kier molecular flexibility index (Phi) is 5.36. The van der Waals surface area contributed by atoms with Gasteiger partial charge in [0.05, 0.1) is 12.2 Å². The van der Waals surface area contributed by atoms with Gasteiger partial charge in [-0.25, -0.2) is 9.97 Å². The summed E-state index contributed by atoms with van der Waals surface area (Å²) < 4.78 is 5.57. The average Bonchev–Trinajstić information content (AvgIpc) is 2.67. The summed E-state index contributed by atoms with van der Waals surface area (Å²) in [5, 5.41) is 2.84.